The zero-order valence-electron chi connectivity index (χ0n) is 10.5. The third-order valence-electron chi connectivity index (χ3n) is 3.88. The van der Waals surface area contributed by atoms with Crippen LogP contribution in [0.25, 0.3) is 0 Å². The van der Waals surface area contributed by atoms with Gasteiger partial charge in [-0.15, -0.1) is 0 Å². The molecule has 0 aromatic heterocycles. The molecule has 0 aromatic rings. The van der Waals surface area contributed by atoms with Gasteiger partial charge in [0.15, 0.2) is 0 Å². The van der Waals surface area contributed by atoms with Gasteiger partial charge in [-0.25, -0.2) is 0 Å². The molecule has 5 nitrogen and oxygen atoms in total. The van der Waals surface area contributed by atoms with Crippen molar-refractivity contribution in [3.63, 3.8) is 0 Å². The highest BCUT2D eigenvalue weighted by Gasteiger charge is 2.35. The molecule has 1 saturated carbocycles. The SMILES string of the molecule is CNC(=O)C1COCCN1C1CCCC(N)C1. The lowest BCUT2D eigenvalue weighted by atomic mass is 9.89. The van der Waals surface area contributed by atoms with E-state index >= 15 is 0 Å². The summed E-state index contributed by atoms with van der Waals surface area (Å²) in [5, 5.41) is 2.72. The number of hydrogen-bond donors (Lipinski definition) is 2. The minimum Gasteiger partial charge on any atom is -0.378 e. The van der Waals surface area contributed by atoms with Crippen molar-refractivity contribution in [2.24, 2.45) is 5.73 Å². The molecular weight excluding hydrogens is 218 g/mol. The topological polar surface area (TPSA) is 67.6 Å². The number of nitrogens with zero attached hydrogens (tertiary/aromatic N) is 1. The Labute approximate surface area is 103 Å². The normalized spacial score (nSPS) is 35.5. The summed E-state index contributed by atoms with van der Waals surface area (Å²) in [6.07, 6.45) is 4.45. The Morgan fingerprint density at radius 3 is 3.00 bits per heavy atom. The van der Waals surface area contributed by atoms with Gasteiger partial charge in [-0.05, 0) is 19.3 Å². The maximum Gasteiger partial charge on any atom is 0.239 e. The van der Waals surface area contributed by atoms with Crippen molar-refractivity contribution in [2.45, 2.75) is 43.8 Å². The average Bonchev–Trinajstić information content (AvgIpc) is 2.38. The molecule has 1 heterocycles. The van der Waals surface area contributed by atoms with Crippen LogP contribution in [0.15, 0.2) is 0 Å². The summed E-state index contributed by atoms with van der Waals surface area (Å²) in [7, 11) is 1.68. The van der Waals surface area contributed by atoms with Gasteiger partial charge in [0.25, 0.3) is 0 Å². The second-order valence-electron chi connectivity index (χ2n) is 5.02. The smallest absolute Gasteiger partial charge is 0.239 e. The summed E-state index contributed by atoms with van der Waals surface area (Å²) in [5.41, 5.74) is 6.03. The molecule has 2 fully saturated rings. The van der Waals surface area contributed by atoms with Gasteiger partial charge in [-0.3, -0.25) is 9.69 Å². The second kappa shape index (κ2) is 5.80. The molecular formula is C12H23N3O2. The molecule has 0 bridgehead atoms. The first kappa shape index (κ1) is 12.8. The fourth-order valence-corrected chi connectivity index (χ4v) is 2.95. The van der Waals surface area contributed by atoms with Crippen LogP contribution in [0.2, 0.25) is 0 Å². The third-order valence-corrected chi connectivity index (χ3v) is 3.88. The highest BCUT2D eigenvalue weighted by atomic mass is 16.5. The van der Waals surface area contributed by atoms with E-state index in [0.29, 0.717) is 18.7 Å². The summed E-state index contributed by atoms with van der Waals surface area (Å²) in [5.74, 6) is 0.0591. The molecule has 0 aromatic carbocycles. The van der Waals surface area contributed by atoms with E-state index in [-0.39, 0.29) is 11.9 Å². The molecule has 3 N–H and O–H groups in total. The van der Waals surface area contributed by atoms with Crippen LogP contribution in [0.1, 0.15) is 25.7 Å². The summed E-state index contributed by atoms with van der Waals surface area (Å²) in [6, 6.07) is 0.607. The number of morpholine rings is 1. The molecule has 1 aliphatic carbocycles. The van der Waals surface area contributed by atoms with E-state index in [1.807, 2.05) is 0 Å². The maximum absolute atomic E-state index is 11.8. The number of likely N-dealkylation sites (N-methyl/N-ethyl adjacent to an activating group) is 1. The first-order valence-electron chi connectivity index (χ1n) is 6.53. The molecule has 0 spiro atoms. The summed E-state index contributed by atoms with van der Waals surface area (Å²) >= 11 is 0. The van der Waals surface area contributed by atoms with Crippen LogP contribution >= 0.6 is 0 Å². The van der Waals surface area contributed by atoms with E-state index in [2.05, 4.69) is 10.2 Å². The molecule has 1 amide bonds. The molecule has 3 atom stereocenters. The number of rotatable bonds is 2. The van der Waals surface area contributed by atoms with E-state index in [9.17, 15) is 4.79 Å². The zero-order valence-corrected chi connectivity index (χ0v) is 10.5. The van der Waals surface area contributed by atoms with Crippen LogP contribution in [0.5, 0.6) is 0 Å². The van der Waals surface area contributed by atoms with Crippen LogP contribution in [-0.2, 0) is 9.53 Å². The molecule has 1 saturated heterocycles. The van der Waals surface area contributed by atoms with Crippen molar-refractivity contribution in [1.29, 1.82) is 0 Å². The number of carbonyl (C=O) groups is 1. The lowest BCUT2D eigenvalue weighted by Gasteiger charge is -2.42. The molecule has 5 heteroatoms. The molecule has 98 valence electrons. The maximum atomic E-state index is 11.8. The van der Waals surface area contributed by atoms with Crippen molar-refractivity contribution in [2.75, 3.05) is 26.8 Å². The molecule has 17 heavy (non-hydrogen) atoms. The quantitative estimate of drug-likeness (QED) is 0.697. The van der Waals surface area contributed by atoms with Crippen LogP contribution in [0.4, 0.5) is 0 Å². The van der Waals surface area contributed by atoms with Crippen molar-refractivity contribution in [3.8, 4) is 0 Å². The van der Waals surface area contributed by atoms with E-state index in [1.54, 1.807) is 7.05 Å². The highest BCUT2D eigenvalue weighted by Crippen LogP contribution is 2.25. The lowest BCUT2D eigenvalue weighted by molar-refractivity contribution is -0.134. The number of nitrogens with one attached hydrogen (secondary N) is 1. The number of nitrogens with two attached hydrogens (primary N) is 1. The van der Waals surface area contributed by atoms with Gasteiger partial charge in [0.1, 0.15) is 6.04 Å². The molecule has 1 aliphatic heterocycles. The van der Waals surface area contributed by atoms with Gasteiger partial charge >= 0.3 is 0 Å². The Morgan fingerprint density at radius 1 is 1.47 bits per heavy atom. The molecule has 0 radical (unpaired) electrons. The molecule has 2 aliphatic rings. The van der Waals surface area contributed by atoms with E-state index in [0.717, 1.165) is 32.4 Å². The zero-order chi connectivity index (χ0) is 12.3. The van der Waals surface area contributed by atoms with Gasteiger partial charge in [-0.1, -0.05) is 6.42 Å². The summed E-state index contributed by atoms with van der Waals surface area (Å²) in [4.78, 5) is 14.1. The minimum atomic E-state index is -0.135. The Balaban J connectivity index is 2.02. The van der Waals surface area contributed by atoms with Crippen molar-refractivity contribution >= 4 is 5.91 Å². The molecule has 3 unspecified atom stereocenters. The van der Waals surface area contributed by atoms with Gasteiger partial charge in [0.2, 0.25) is 5.91 Å². The number of amides is 1. The summed E-state index contributed by atoms with van der Waals surface area (Å²) in [6.45, 7) is 2.07. The highest BCUT2D eigenvalue weighted by molar-refractivity contribution is 5.81. The number of hydrogen-bond acceptors (Lipinski definition) is 4. The van der Waals surface area contributed by atoms with E-state index in [4.69, 9.17) is 10.5 Å². The van der Waals surface area contributed by atoms with Gasteiger partial charge in [0.05, 0.1) is 13.2 Å². The van der Waals surface area contributed by atoms with Crippen molar-refractivity contribution in [1.82, 2.24) is 10.2 Å². The second-order valence-corrected chi connectivity index (χ2v) is 5.02. The monoisotopic (exact) mass is 241 g/mol. The van der Waals surface area contributed by atoms with Crippen LogP contribution < -0.4 is 11.1 Å². The number of carbonyl (C=O) groups excluding carboxylic acids is 1. The Morgan fingerprint density at radius 2 is 2.29 bits per heavy atom. The minimum absolute atomic E-state index is 0.0591. The Hall–Kier alpha value is -0.650. The largest absolute Gasteiger partial charge is 0.378 e. The standard InChI is InChI=1S/C12H23N3O2/c1-14-12(16)11-8-17-6-5-15(11)10-4-2-3-9(13)7-10/h9-11H,2-8,13H2,1H3,(H,14,16). The van der Waals surface area contributed by atoms with Gasteiger partial charge in [0, 0.05) is 25.7 Å². The van der Waals surface area contributed by atoms with E-state index < -0.39 is 0 Å². The first-order valence-corrected chi connectivity index (χ1v) is 6.53. The fourth-order valence-electron chi connectivity index (χ4n) is 2.95. The van der Waals surface area contributed by atoms with Crippen LogP contribution in [0, 0.1) is 0 Å². The molecule has 2 rings (SSSR count). The van der Waals surface area contributed by atoms with E-state index in [1.165, 1.54) is 6.42 Å². The fraction of sp³-hybridized carbons (Fsp3) is 0.917. The van der Waals surface area contributed by atoms with Gasteiger partial charge < -0.3 is 15.8 Å². The van der Waals surface area contributed by atoms with Crippen molar-refractivity contribution < 1.29 is 9.53 Å². The predicted octanol–water partition coefficient (Wildman–Crippen LogP) is -0.297. The van der Waals surface area contributed by atoms with Crippen molar-refractivity contribution in [3.05, 3.63) is 0 Å². The Bertz CT molecular complexity index is 272. The van der Waals surface area contributed by atoms with Gasteiger partial charge in [-0.2, -0.15) is 0 Å². The lowest BCUT2D eigenvalue weighted by Crippen LogP contribution is -2.58. The average molecular weight is 241 g/mol. The predicted molar refractivity (Wildman–Crippen MR) is 65.6 cm³/mol. The first-order chi connectivity index (χ1) is 8.22. The Kier molecular flexibility index (Phi) is 4.36. The number of ether oxygens (including phenoxy) is 1. The van der Waals surface area contributed by atoms with Crippen LogP contribution in [0.3, 0.4) is 0 Å². The third kappa shape index (κ3) is 2.97. The van der Waals surface area contributed by atoms with Crippen LogP contribution in [-0.4, -0.2) is 55.7 Å². The summed E-state index contributed by atoms with van der Waals surface area (Å²) < 4.78 is 5.42.